The molecule has 19 heavy (non-hydrogen) atoms. The second kappa shape index (κ2) is 6.70. The first kappa shape index (κ1) is 15.7. The summed E-state index contributed by atoms with van der Waals surface area (Å²) >= 11 is 0. The molecule has 1 aromatic rings. The first-order valence-corrected chi connectivity index (χ1v) is 6.85. The molecule has 108 valence electrons. The fraction of sp³-hybridized carbons (Fsp3) is 0.714. The lowest BCUT2D eigenvalue weighted by atomic mass is 9.96. The molecule has 0 aromatic carbocycles. The number of nitrogens with zero attached hydrogens (tertiary/aromatic N) is 2. The summed E-state index contributed by atoms with van der Waals surface area (Å²) < 4.78 is 0. The number of nitrogens with one attached hydrogen (secondary N) is 2. The van der Waals surface area contributed by atoms with Gasteiger partial charge >= 0.3 is 0 Å². The Morgan fingerprint density at radius 2 is 1.79 bits per heavy atom. The van der Waals surface area contributed by atoms with E-state index in [-0.39, 0.29) is 17.9 Å². The third-order valence-corrected chi connectivity index (χ3v) is 2.70. The minimum Gasteiger partial charge on any atom is -0.396 e. The molecule has 0 aliphatic carbocycles. The average Bonchev–Trinajstić information content (AvgIpc) is 2.35. The van der Waals surface area contributed by atoms with Crippen molar-refractivity contribution in [3.8, 4) is 0 Å². The van der Waals surface area contributed by atoms with Crippen LogP contribution in [-0.2, 0) is 5.41 Å². The number of aliphatic hydroxyl groups excluding tert-OH is 1. The van der Waals surface area contributed by atoms with Crippen molar-refractivity contribution in [2.45, 2.75) is 40.0 Å². The van der Waals surface area contributed by atoms with Crippen LogP contribution >= 0.6 is 0 Å². The summed E-state index contributed by atoms with van der Waals surface area (Å²) in [6.07, 6.45) is 0. The minimum atomic E-state index is -0.0928. The van der Waals surface area contributed by atoms with E-state index in [2.05, 4.69) is 41.4 Å². The molecule has 0 spiro atoms. The van der Waals surface area contributed by atoms with Crippen LogP contribution in [0.5, 0.6) is 0 Å². The van der Waals surface area contributed by atoms with Crippen molar-refractivity contribution in [3.63, 3.8) is 0 Å². The minimum absolute atomic E-state index is 0.0928. The van der Waals surface area contributed by atoms with Crippen molar-refractivity contribution in [3.05, 3.63) is 11.9 Å². The predicted molar refractivity (Wildman–Crippen MR) is 79.6 cm³/mol. The van der Waals surface area contributed by atoms with Gasteiger partial charge in [-0.25, -0.2) is 9.97 Å². The SMILES string of the molecule is CCNc1cc(NCC(C)CO)nc(C(C)(C)C)n1. The van der Waals surface area contributed by atoms with E-state index in [0.717, 1.165) is 24.0 Å². The van der Waals surface area contributed by atoms with Crippen LogP contribution in [-0.4, -0.2) is 34.8 Å². The number of hydrogen-bond acceptors (Lipinski definition) is 5. The van der Waals surface area contributed by atoms with Gasteiger partial charge in [0.2, 0.25) is 0 Å². The van der Waals surface area contributed by atoms with Crippen LogP contribution in [0.2, 0.25) is 0 Å². The molecule has 1 atom stereocenters. The lowest BCUT2D eigenvalue weighted by molar-refractivity contribution is 0.244. The second-order valence-electron chi connectivity index (χ2n) is 5.91. The molecule has 0 saturated carbocycles. The molecule has 0 aliphatic heterocycles. The van der Waals surface area contributed by atoms with Gasteiger partial charge in [0.05, 0.1) is 0 Å². The first-order valence-electron chi connectivity index (χ1n) is 6.85. The van der Waals surface area contributed by atoms with Gasteiger partial charge in [-0.05, 0) is 12.8 Å². The van der Waals surface area contributed by atoms with Crippen LogP contribution in [0.4, 0.5) is 11.6 Å². The molecule has 0 aliphatic rings. The van der Waals surface area contributed by atoms with E-state index >= 15 is 0 Å². The largest absolute Gasteiger partial charge is 0.396 e. The van der Waals surface area contributed by atoms with Crippen LogP contribution in [0, 0.1) is 5.92 Å². The fourth-order valence-electron chi connectivity index (χ4n) is 1.49. The molecule has 0 radical (unpaired) electrons. The quantitative estimate of drug-likeness (QED) is 0.736. The maximum atomic E-state index is 9.05. The van der Waals surface area contributed by atoms with Crippen LogP contribution in [0.25, 0.3) is 0 Å². The topological polar surface area (TPSA) is 70.1 Å². The molecule has 5 heteroatoms. The maximum absolute atomic E-state index is 9.05. The normalized spacial score (nSPS) is 13.2. The van der Waals surface area contributed by atoms with Gasteiger partial charge in [0.15, 0.2) is 0 Å². The number of aromatic nitrogens is 2. The molecule has 0 saturated heterocycles. The zero-order valence-electron chi connectivity index (χ0n) is 12.6. The Hall–Kier alpha value is -1.36. The van der Waals surface area contributed by atoms with Gasteiger partial charge in [-0.2, -0.15) is 0 Å². The Balaban J connectivity index is 2.93. The van der Waals surface area contributed by atoms with Crippen LogP contribution in [0.15, 0.2) is 6.07 Å². The second-order valence-corrected chi connectivity index (χ2v) is 5.91. The highest BCUT2D eigenvalue weighted by Gasteiger charge is 2.19. The van der Waals surface area contributed by atoms with E-state index in [9.17, 15) is 0 Å². The molecular weight excluding hydrogens is 240 g/mol. The summed E-state index contributed by atoms with van der Waals surface area (Å²) in [5.74, 6) is 2.65. The number of anilines is 2. The first-order chi connectivity index (χ1) is 8.86. The summed E-state index contributed by atoms with van der Waals surface area (Å²) in [4.78, 5) is 9.08. The molecular formula is C14H26N4O. The van der Waals surface area contributed by atoms with Crippen molar-refractivity contribution >= 4 is 11.6 Å². The molecule has 1 unspecified atom stereocenters. The number of hydrogen-bond donors (Lipinski definition) is 3. The van der Waals surface area contributed by atoms with Gasteiger partial charge < -0.3 is 15.7 Å². The molecule has 1 aromatic heterocycles. The summed E-state index contributed by atoms with van der Waals surface area (Å²) in [7, 11) is 0. The van der Waals surface area contributed by atoms with E-state index in [1.165, 1.54) is 0 Å². The standard InChI is InChI=1S/C14H26N4O/c1-6-15-11-7-12(16-8-10(2)9-19)18-13(17-11)14(3,4)5/h7,10,19H,6,8-9H2,1-5H3,(H2,15,16,17,18). The van der Waals surface area contributed by atoms with Crippen LogP contribution in [0.3, 0.4) is 0 Å². The van der Waals surface area contributed by atoms with E-state index in [1.807, 2.05) is 19.9 Å². The zero-order chi connectivity index (χ0) is 14.5. The molecule has 1 heterocycles. The lowest BCUT2D eigenvalue weighted by Gasteiger charge is -2.19. The van der Waals surface area contributed by atoms with Gasteiger partial charge in [0, 0.05) is 31.2 Å². The van der Waals surface area contributed by atoms with Gasteiger partial charge in [0.1, 0.15) is 17.5 Å². The van der Waals surface area contributed by atoms with Crippen molar-refractivity contribution in [1.82, 2.24) is 9.97 Å². The van der Waals surface area contributed by atoms with Crippen LogP contribution in [0.1, 0.15) is 40.4 Å². The predicted octanol–water partition coefficient (Wildman–Crippen LogP) is 2.25. The molecule has 5 nitrogen and oxygen atoms in total. The Morgan fingerprint density at radius 1 is 1.21 bits per heavy atom. The van der Waals surface area contributed by atoms with Crippen LogP contribution < -0.4 is 10.6 Å². The highest BCUT2D eigenvalue weighted by Crippen LogP contribution is 2.22. The third-order valence-electron chi connectivity index (χ3n) is 2.70. The average molecular weight is 266 g/mol. The maximum Gasteiger partial charge on any atom is 0.138 e. The summed E-state index contributed by atoms with van der Waals surface area (Å²) in [5, 5.41) is 15.5. The molecule has 1 rings (SSSR count). The molecule has 0 fully saturated rings. The molecule has 0 amide bonds. The Labute approximate surface area is 115 Å². The molecule has 0 bridgehead atoms. The lowest BCUT2D eigenvalue weighted by Crippen LogP contribution is -2.20. The van der Waals surface area contributed by atoms with E-state index in [1.54, 1.807) is 0 Å². The third kappa shape index (κ3) is 5.03. The smallest absolute Gasteiger partial charge is 0.138 e. The fourth-order valence-corrected chi connectivity index (χ4v) is 1.49. The van der Waals surface area contributed by atoms with Gasteiger partial charge in [0.25, 0.3) is 0 Å². The van der Waals surface area contributed by atoms with E-state index < -0.39 is 0 Å². The summed E-state index contributed by atoms with van der Waals surface area (Å²) in [6.45, 7) is 12.0. The van der Waals surface area contributed by atoms with E-state index in [4.69, 9.17) is 5.11 Å². The van der Waals surface area contributed by atoms with Crippen molar-refractivity contribution in [1.29, 1.82) is 0 Å². The number of rotatable bonds is 6. The Kier molecular flexibility index (Phi) is 5.54. The highest BCUT2D eigenvalue weighted by molar-refractivity contribution is 5.48. The summed E-state index contributed by atoms with van der Waals surface area (Å²) in [6, 6.07) is 1.91. The van der Waals surface area contributed by atoms with Crippen molar-refractivity contribution in [2.75, 3.05) is 30.3 Å². The van der Waals surface area contributed by atoms with Crippen molar-refractivity contribution < 1.29 is 5.11 Å². The summed E-state index contributed by atoms with van der Waals surface area (Å²) in [5.41, 5.74) is -0.0928. The zero-order valence-corrected chi connectivity index (χ0v) is 12.6. The van der Waals surface area contributed by atoms with E-state index in [0.29, 0.717) is 6.54 Å². The van der Waals surface area contributed by atoms with Gasteiger partial charge in [-0.15, -0.1) is 0 Å². The Bertz CT molecular complexity index is 401. The monoisotopic (exact) mass is 266 g/mol. The highest BCUT2D eigenvalue weighted by atomic mass is 16.3. The van der Waals surface area contributed by atoms with Gasteiger partial charge in [-0.1, -0.05) is 27.7 Å². The van der Waals surface area contributed by atoms with Gasteiger partial charge in [-0.3, -0.25) is 0 Å². The number of aliphatic hydroxyl groups is 1. The molecule has 3 N–H and O–H groups in total. The Morgan fingerprint density at radius 3 is 2.26 bits per heavy atom. The van der Waals surface area contributed by atoms with Crippen molar-refractivity contribution in [2.24, 2.45) is 5.92 Å².